The number of benzene rings is 3. The second kappa shape index (κ2) is 16.4. The van der Waals surface area contributed by atoms with Crippen molar-refractivity contribution in [3.8, 4) is 16.9 Å². The zero-order valence-corrected chi connectivity index (χ0v) is 26.9. The summed E-state index contributed by atoms with van der Waals surface area (Å²) in [6.07, 6.45) is 8.90. The first-order valence-corrected chi connectivity index (χ1v) is 14.5. The third-order valence-corrected chi connectivity index (χ3v) is 7.15. The normalized spacial score (nSPS) is 11.5. The smallest absolute Gasteiger partial charge is 0.548 e. The van der Waals surface area contributed by atoms with Crippen molar-refractivity contribution in [1.82, 2.24) is 10.3 Å². The van der Waals surface area contributed by atoms with Crippen LogP contribution in [0.2, 0.25) is 0 Å². The molecule has 0 aliphatic carbocycles. The van der Waals surface area contributed by atoms with Crippen molar-refractivity contribution in [2.45, 2.75) is 26.0 Å². The van der Waals surface area contributed by atoms with Gasteiger partial charge < -0.3 is 20.0 Å². The number of halogens is 2. The van der Waals surface area contributed by atoms with Gasteiger partial charge in [0.25, 0.3) is 5.91 Å². The Bertz CT molecular complexity index is 1600. The molecule has 0 spiro atoms. The number of aryl methyl sites for hydroxylation is 1. The number of carbonyl (C=O) groups is 2. The van der Waals surface area contributed by atoms with Crippen molar-refractivity contribution in [1.29, 1.82) is 0 Å². The number of aromatic nitrogens is 1. The monoisotopic (exact) mass is 610 g/mol. The number of hydrogen-bond donors (Lipinski definition) is 1. The Hall–Kier alpha value is -3.50. The van der Waals surface area contributed by atoms with Crippen LogP contribution in [-0.2, 0) is 11.4 Å². The minimum absolute atomic E-state index is 0. The van der Waals surface area contributed by atoms with Gasteiger partial charge in [-0.3, -0.25) is 9.78 Å². The summed E-state index contributed by atoms with van der Waals surface area (Å²) in [5.74, 6) is -2.16. The minimum Gasteiger partial charge on any atom is -0.548 e. The molecule has 0 bridgehead atoms. The zero-order chi connectivity index (χ0) is 30.1. The first-order valence-electron chi connectivity index (χ1n) is 13.2. The van der Waals surface area contributed by atoms with Gasteiger partial charge >= 0.3 is 29.6 Å². The third kappa shape index (κ3) is 9.49. The van der Waals surface area contributed by atoms with Crippen molar-refractivity contribution >= 4 is 35.8 Å². The molecule has 0 aliphatic rings. The van der Waals surface area contributed by atoms with Crippen LogP contribution in [0.1, 0.15) is 39.0 Å². The van der Waals surface area contributed by atoms with E-state index < -0.39 is 29.6 Å². The van der Waals surface area contributed by atoms with E-state index in [4.69, 9.17) is 4.74 Å². The van der Waals surface area contributed by atoms with Gasteiger partial charge in [0.2, 0.25) is 0 Å². The molecule has 1 amide bonds. The van der Waals surface area contributed by atoms with Gasteiger partial charge in [-0.25, -0.2) is 8.78 Å². The van der Waals surface area contributed by atoms with Crippen molar-refractivity contribution < 1.29 is 57.8 Å². The number of carboxylic acid groups (broad SMARTS) is 1. The molecular formula is C33H29F2N2NaO4S. The summed E-state index contributed by atoms with van der Waals surface area (Å²) in [6, 6.07) is 16.7. The van der Waals surface area contributed by atoms with Crippen LogP contribution < -0.4 is 44.7 Å². The molecule has 0 aliphatic heterocycles. The summed E-state index contributed by atoms with van der Waals surface area (Å²) in [4.78, 5) is 29.1. The van der Waals surface area contributed by atoms with Gasteiger partial charge in [0.1, 0.15) is 24.0 Å². The van der Waals surface area contributed by atoms with E-state index in [1.807, 2.05) is 49.6 Å². The maximum Gasteiger partial charge on any atom is 1.00 e. The first-order chi connectivity index (χ1) is 20.2. The van der Waals surface area contributed by atoms with Crippen LogP contribution in [0.5, 0.6) is 5.75 Å². The van der Waals surface area contributed by atoms with Crippen molar-refractivity contribution in [3.05, 3.63) is 119 Å². The van der Waals surface area contributed by atoms with E-state index >= 15 is 0 Å². The van der Waals surface area contributed by atoms with Crippen LogP contribution in [-0.4, -0.2) is 34.9 Å². The van der Waals surface area contributed by atoms with E-state index in [0.29, 0.717) is 33.8 Å². The van der Waals surface area contributed by atoms with E-state index in [9.17, 15) is 23.5 Å². The number of carbonyl (C=O) groups excluding carboxylic acids is 2. The van der Waals surface area contributed by atoms with Crippen LogP contribution in [0.25, 0.3) is 23.3 Å². The molecule has 4 aromatic rings. The number of ether oxygens (including phenoxy) is 1. The number of rotatable bonds is 12. The molecule has 10 heteroatoms. The molecule has 0 fully saturated rings. The van der Waals surface area contributed by atoms with Gasteiger partial charge in [0.05, 0.1) is 12.0 Å². The third-order valence-electron chi connectivity index (χ3n) is 6.51. The van der Waals surface area contributed by atoms with E-state index in [-0.39, 0.29) is 42.6 Å². The number of hydrogen-bond acceptors (Lipinski definition) is 6. The number of thioether (sulfide) groups is 1. The number of pyridine rings is 1. The van der Waals surface area contributed by atoms with Gasteiger partial charge in [-0.1, -0.05) is 36.4 Å². The Balaban J connectivity index is 0.00000506. The fourth-order valence-electron chi connectivity index (χ4n) is 4.37. The summed E-state index contributed by atoms with van der Waals surface area (Å²) >= 11 is 1.49. The molecule has 1 N–H and O–H groups in total. The Morgan fingerprint density at radius 2 is 1.77 bits per heavy atom. The molecule has 0 radical (unpaired) electrons. The molecule has 4 rings (SSSR count). The average Bonchev–Trinajstić information content (AvgIpc) is 2.97. The standard InChI is InChI=1S/C33H30F2N2O4S.Na/c1-21-5-3-4-6-27(21)29-17-22(8-10-28(29)32(38)37-30(33(39)40)12-14-42-2)7-9-24-19-36-13-11-31(24)41-20-23-15-25(34)18-26(35)16-23;/h3-11,13,15-19,30H,12,14,20H2,1-2H3,(H,37,38)(H,39,40);/q;+1/p-1/b9-7+;/t30-;/m0./s1. The fourth-order valence-corrected chi connectivity index (χ4v) is 4.85. The van der Waals surface area contributed by atoms with Crippen molar-refractivity contribution in [2.24, 2.45) is 0 Å². The van der Waals surface area contributed by atoms with Gasteiger partial charge in [-0.2, -0.15) is 11.8 Å². The van der Waals surface area contributed by atoms with E-state index in [2.05, 4.69) is 10.3 Å². The van der Waals surface area contributed by atoms with Gasteiger partial charge in [-0.05, 0) is 89.6 Å². The molecule has 0 unspecified atom stereocenters. The second-order valence-electron chi connectivity index (χ2n) is 9.56. The minimum atomic E-state index is -1.33. The quantitative estimate of drug-likeness (QED) is 0.248. The molecule has 6 nitrogen and oxygen atoms in total. The fraction of sp³-hybridized carbons (Fsp3) is 0.182. The molecule has 1 heterocycles. The number of nitrogens with one attached hydrogen (secondary N) is 1. The molecule has 1 atom stereocenters. The van der Waals surface area contributed by atoms with Crippen molar-refractivity contribution in [3.63, 3.8) is 0 Å². The van der Waals surface area contributed by atoms with Gasteiger partial charge in [0.15, 0.2) is 0 Å². The maximum atomic E-state index is 13.6. The van der Waals surface area contributed by atoms with E-state index in [0.717, 1.165) is 22.8 Å². The Labute approximate surface area is 275 Å². The summed E-state index contributed by atoms with van der Waals surface area (Å²) in [6.45, 7) is 1.90. The first kappa shape index (κ1) is 34.0. The van der Waals surface area contributed by atoms with Crippen LogP contribution in [0.3, 0.4) is 0 Å². The largest absolute Gasteiger partial charge is 1.00 e. The van der Waals surface area contributed by atoms with Crippen molar-refractivity contribution in [2.75, 3.05) is 12.0 Å². The van der Waals surface area contributed by atoms with E-state index in [1.165, 1.54) is 23.9 Å². The zero-order valence-electron chi connectivity index (χ0n) is 24.1. The van der Waals surface area contributed by atoms with E-state index in [1.54, 1.807) is 36.7 Å². The number of amides is 1. The SMILES string of the molecule is CSCC[C@H](NC(=O)c1ccc(/C=C/c2cnccc2OCc2cc(F)cc(F)c2)cc1-c1ccccc1C)C(=O)[O-].[Na+]. The van der Waals surface area contributed by atoms with Gasteiger partial charge in [-0.15, -0.1) is 0 Å². The van der Waals surface area contributed by atoms with Crippen LogP contribution in [0.4, 0.5) is 8.78 Å². The number of carboxylic acids is 1. The molecule has 216 valence electrons. The average molecular weight is 611 g/mol. The van der Waals surface area contributed by atoms with Gasteiger partial charge in [0, 0.05) is 29.6 Å². The predicted octanol–water partition coefficient (Wildman–Crippen LogP) is 2.69. The summed E-state index contributed by atoms with van der Waals surface area (Å²) in [5.41, 5.74) is 4.52. The molecule has 3 aromatic carbocycles. The topological polar surface area (TPSA) is 91.3 Å². The second-order valence-corrected chi connectivity index (χ2v) is 10.5. The molecule has 0 saturated carbocycles. The summed E-state index contributed by atoms with van der Waals surface area (Å²) in [5, 5.41) is 14.3. The predicted molar refractivity (Wildman–Crippen MR) is 160 cm³/mol. The summed E-state index contributed by atoms with van der Waals surface area (Å²) < 4.78 is 33.0. The molecule has 0 saturated heterocycles. The molecule has 43 heavy (non-hydrogen) atoms. The van der Waals surface area contributed by atoms with Crippen LogP contribution in [0, 0.1) is 18.6 Å². The van der Waals surface area contributed by atoms with Crippen LogP contribution in [0.15, 0.2) is 79.1 Å². The Kier molecular flexibility index (Phi) is 12.9. The maximum absolute atomic E-state index is 13.6. The molecular weight excluding hydrogens is 581 g/mol. The number of aliphatic carboxylic acids is 1. The number of nitrogens with zero attached hydrogens (tertiary/aromatic N) is 1. The van der Waals surface area contributed by atoms with Crippen LogP contribution >= 0.6 is 11.8 Å². The Morgan fingerprint density at radius 3 is 2.47 bits per heavy atom. The Morgan fingerprint density at radius 1 is 1.02 bits per heavy atom. The molecule has 1 aromatic heterocycles. The summed E-state index contributed by atoms with van der Waals surface area (Å²) in [7, 11) is 0.